The van der Waals surface area contributed by atoms with Gasteiger partial charge in [0.25, 0.3) is 0 Å². The van der Waals surface area contributed by atoms with Crippen molar-refractivity contribution in [2.24, 2.45) is 0 Å². The van der Waals surface area contributed by atoms with Crippen LogP contribution in [0.15, 0.2) is 48.9 Å². The lowest BCUT2D eigenvalue weighted by atomic mass is 10.0. The summed E-state index contributed by atoms with van der Waals surface area (Å²) >= 11 is 0. The number of ether oxygens (including phenoxy) is 1. The molecule has 0 saturated heterocycles. The van der Waals surface area contributed by atoms with Gasteiger partial charge < -0.3 is 15.8 Å². The number of amides is 2. The van der Waals surface area contributed by atoms with Gasteiger partial charge in [0.15, 0.2) is 12.1 Å². The Bertz CT molecular complexity index is 1520. The maximum absolute atomic E-state index is 13.0. The summed E-state index contributed by atoms with van der Waals surface area (Å²) in [5, 5.41) is 9.10. The van der Waals surface area contributed by atoms with Gasteiger partial charge in [0.1, 0.15) is 17.7 Å². The van der Waals surface area contributed by atoms with Crippen LogP contribution in [0.2, 0.25) is 0 Å². The van der Waals surface area contributed by atoms with Gasteiger partial charge in [-0.05, 0) is 42.4 Å². The molecule has 14 heteroatoms. The molecule has 0 aliphatic carbocycles. The number of anilines is 3. The van der Waals surface area contributed by atoms with E-state index >= 15 is 0 Å². The highest BCUT2D eigenvalue weighted by Gasteiger charge is 2.31. The summed E-state index contributed by atoms with van der Waals surface area (Å²) in [4.78, 5) is 34.5. The Kier molecular flexibility index (Phi) is 8.60. The van der Waals surface area contributed by atoms with Crippen LogP contribution in [0, 0.1) is 0 Å². The first-order valence-corrected chi connectivity index (χ1v) is 12.2. The number of carbonyl (C=O) groups excluding carboxylic acids is 2. The largest absolute Gasteiger partial charge is 0.416 e. The van der Waals surface area contributed by atoms with Crippen LogP contribution in [0.1, 0.15) is 28.5 Å². The number of halogens is 3. The summed E-state index contributed by atoms with van der Waals surface area (Å²) in [5.74, 6) is -0.0504. The zero-order valence-electron chi connectivity index (χ0n) is 21.7. The van der Waals surface area contributed by atoms with Crippen LogP contribution in [0.25, 0.3) is 16.6 Å². The standard InChI is InChI=1S/C26H27F3N8O3/c1-3-36(8-9-40-2)13-19-12-20(23-24(30)32-15-33-37(19)23)16-4-5-21(17(10-16)14-38)34-25(39)35-22-11-18(6-7-31-22)26(27,28)29/h4-7,10-12,14-15H,3,8-9,13H2,1-2H3,(H2,30,32,33)(H2,31,34,35,39). The summed E-state index contributed by atoms with van der Waals surface area (Å²) in [6.07, 6.45) is -1.73. The molecular weight excluding hydrogens is 529 g/mol. The maximum Gasteiger partial charge on any atom is 0.416 e. The van der Waals surface area contributed by atoms with Gasteiger partial charge in [-0.3, -0.25) is 15.0 Å². The summed E-state index contributed by atoms with van der Waals surface area (Å²) in [6, 6.07) is 7.31. The Morgan fingerprint density at radius 2 is 1.98 bits per heavy atom. The lowest BCUT2D eigenvalue weighted by Gasteiger charge is -2.19. The fourth-order valence-electron chi connectivity index (χ4n) is 4.15. The third-order valence-corrected chi connectivity index (χ3v) is 6.17. The third-order valence-electron chi connectivity index (χ3n) is 6.17. The number of benzene rings is 1. The van der Waals surface area contributed by atoms with Gasteiger partial charge in [-0.25, -0.2) is 19.3 Å². The van der Waals surface area contributed by atoms with Crippen molar-refractivity contribution in [2.75, 3.05) is 43.2 Å². The van der Waals surface area contributed by atoms with E-state index in [1.54, 1.807) is 23.8 Å². The molecule has 4 rings (SSSR count). The highest BCUT2D eigenvalue weighted by Crippen LogP contribution is 2.33. The number of nitrogens with zero attached hydrogens (tertiary/aromatic N) is 5. The summed E-state index contributed by atoms with van der Waals surface area (Å²) in [5.41, 5.74) is 8.25. The predicted molar refractivity (Wildman–Crippen MR) is 143 cm³/mol. The molecule has 0 spiro atoms. The first-order chi connectivity index (χ1) is 19.1. The number of fused-ring (bicyclic) bond motifs is 1. The Morgan fingerprint density at radius 3 is 2.67 bits per heavy atom. The van der Waals surface area contributed by atoms with Crippen molar-refractivity contribution in [2.45, 2.75) is 19.6 Å². The Balaban J connectivity index is 1.61. The van der Waals surface area contributed by atoms with Crippen molar-refractivity contribution >= 4 is 35.2 Å². The number of urea groups is 1. The number of hydrogen-bond acceptors (Lipinski definition) is 8. The third kappa shape index (κ3) is 6.35. The second-order valence-electron chi connectivity index (χ2n) is 8.74. The smallest absolute Gasteiger partial charge is 0.383 e. The fraction of sp³-hybridized carbons (Fsp3) is 0.269. The highest BCUT2D eigenvalue weighted by molar-refractivity contribution is 6.03. The molecule has 11 nitrogen and oxygen atoms in total. The first kappa shape index (κ1) is 28.4. The molecule has 2 amide bonds. The number of hydrogen-bond donors (Lipinski definition) is 3. The monoisotopic (exact) mass is 556 g/mol. The molecule has 4 aromatic rings. The van der Waals surface area contributed by atoms with Gasteiger partial charge in [-0.1, -0.05) is 13.0 Å². The number of methoxy groups -OCH3 is 1. The zero-order chi connectivity index (χ0) is 28.9. The van der Waals surface area contributed by atoms with Crippen LogP contribution >= 0.6 is 0 Å². The van der Waals surface area contributed by atoms with Crippen LogP contribution < -0.4 is 16.4 Å². The number of rotatable bonds is 10. The van der Waals surface area contributed by atoms with E-state index in [1.165, 1.54) is 12.4 Å². The second kappa shape index (κ2) is 12.1. The number of nitrogen functional groups attached to an aromatic ring is 1. The number of nitrogens with one attached hydrogen (secondary N) is 2. The Hall–Kier alpha value is -4.56. The van der Waals surface area contributed by atoms with E-state index in [2.05, 4.69) is 30.6 Å². The molecule has 1 aromatic carbocycles. The molecule has 0 unspecified atom stereocenters. The SMILES string of the molecule is CCN(CCOC)Cc1cc(-c2ccc(NC(=O)Nc3cc(C(F)(F)F)ccn3)c(C=O)c2)c2c(N)ncnn12. The van der Waals surface area contributed by atoms with Gasteiger partial charge in [0, 0.05) is 37.5 Å². The molecule has 0 atom stereocenters. The van der Waals surface area contributed by atoms with Crippen molar-refractivity contribution in [1.82, 2.24) is 24.5 Å². The second-order valence-corrected chi connectivity index (χ2v) is 8.74. The van der Waals surface area contributed by atoms with Crippen molar-refractivity contribution in [3.8, 4) is 11.1 Å². The van der Waals surface area contributed by atoms with Crippen molar-refractivity contribution in [3.63, 3.8) is 0 Å². The minimum Gasteiger partial charge on any atom is -0.383 e. The lowest BCUT2D eigenvalue weighted by Crippen LogP contribution is -2.27. The van der Waals surface area contributed by atoms with Gasteiger partial charge in [0.2, 0.25) is 0 Å². The van der Waals surface area contributed by atoms with Crippen LogP contribution in [0.3, 0.4) is 0 Å². The van der Waals surface area contributed by atoms with E-state index < -0.39 is 17.8 Å². The van der Waals surface area contributed by atoms with Crippen LogP contribution in [0.5, 0.6) is 0 Å². The van der Waals surface area contributed by atoms with Crippen LogP contribution in [-0.4, -0.2) is 63.6 Å². The van der Waals surface area contributed by atoms with Crippen LogP contribution in [-0.2, 0) is 17.5 Å². The van der Waals surface area contributed by atoms with E-state index in [9.17, 15) is 22.8 Å². The van der Waals surface area contributed by atoms with Crippen molar-refractivity contribution < 1.29 is 27.5 Å². The molecule has 0 radical (unpaired) electrons. The molecule has 210 valence electrons. The highest BCUT2D eigenvalue weighted by atomic mass is 19.4. The van der Waals surface area contributed by atoms with Gasteiger partial charge in [-0.2, -0.15) is 18.3 Å². The molecular formula is C26H27F3N8O3. The van der Waals surface area contributed by atoms with Gasteiger partial charge >= 0.3 is 12.2 Å². The fourth-order valence-corrected chi connectivity index (χ4v) is 4.15. The van der Waals surface area contributed by atoms with Crippen molar-refractivity contribution in [1.29, 1.82) is 0 Å². The Labute approximate surface area is 227 Å². The molecule has 0 aliphatic rings. The normalized spacial score (nSPS) is 11.7. The predicted octanol–water partition coefficient (Wildman–Crippen LogP) is 4.32. The van der Waals surface area contributed by atoms with E-state index in [-0.39, 0.29) is 22.9 Å². The minimum absolute atomic E-state index is 0.135. The number of nitrogens with two attached hydrogens (primary N) is 1. The molecule has 3 aromatic heterocycles. The Morgan fingerprint density at radius 1 is 1.18 bits per heavy atom. The number of alkyl halides is 3. The van der Waals surface area contributed by atoms with E-state index in [0.29, 0.717) is 48.7 Å². The average molecular weight is 557 g/mol. The zero-order valence-corrected chi connectivity index (χ0v) is 21.7. The van der Waals surface area contributed by atoms with Crippen molar-refractivity contribution in [3.05, 3.63) is 65.7 Å². The molecule has 40 heavy (non-hydrogen) atoms. The number of pyridine rings is 1. The van der Waals surface area contributed by atoms with Gasteiger partial charge in [0.05, 0.1) is 23.6 Å². The van der Waals surface area contributed by atoms with E-state index in [0.717, 1.165) is 24.5 Å². The number of carbonyl (C=O) groups is 2. The molecule has 0 fully saturated rings. The molecule has 0 saturated carbocycles. The summed E-state index contributed by atoms with van der Waals surface area (Å²) in [7, 11) is 1.64. The molecule has 0 aliphatic heterocycles. The molecule has 0 bridgehead atoms. The number of aromatic nitrogens is 4. The topological polar surface area (TPSA) is 140 Å². The van der Waals surface area contributed by atoms with Gasteiger partial charge in [-0.15, -0.1) is 0 Å². The quantitative estimate of drug-likeness (QED) is 0.246. The van der Waals surface area contributed by atoms with Crippen LogP contribution in [0.4, 0.5) is 35.3 Å². The summed E-state index contributed by atoms with van der Waals surface area (Å²) < 4.78 is 45.8. The van der Waals surface area contributed by atoms with E-state index in [1.807, 2.05) is 13.0 Å². The summed E-state index contributed by atoms with van der Waals surface area (Å²) in [6.45, 7) is 4.65. The number of aldehydes is 1. The molecule has 3 heterocycles. The average Bonchev–Trinajstić information content (AvgIpc) is 3.30. The molecule has 4 N–H and O–H groups in total. The minimum atomic E-state index is -4.59. The van der Waals surface area contributed by atoms with E-state index in [4.69, 9.17) is 10.5 Å². The lowest BCUT2D eigenvalue weighted by molar-refractivity contribution is -0.137. The maximum atomic E-state index is 13.0. The number of likely N-dealkylation sites (N-methyl/N-ethyl adjacent to an activating group) is 1. The first-order valence-electron chi connectivity index (χ1n) is 12.2.